The van der Waals surface area contributed by atoms with E-state index in [1.165, 1.54) is 24.0 Å². The molecular weight excluding hydrogens is 300 g/mol. The maximum absolute atomic E-state index is 6.10. The van der Waals surface area contributed by atoms with E-state index in [1.54, 1.807) is 0 Å². The summed E-state index contributed by atoms with van der Waals surface area (Å²) in [5.74, 6) is 0.957. The molecule has 0 bridgehead atoms. The van der Waals surface area contributed by atoms with E-state index in [2.05, 4.69) is 39.6 Å². The number of nitrogens with one attached hydrogen (secondary N) is 1. The fourth-order valence-corrected chi connectivity index (χ4v) is 3.72. The van der Waals surface area contributed by atoms with Crippen molar-refractivity contribution in [3.05, 3.63) is 35.4 Å². The molecule has 24 heavy (non-hydrogen) atoms. The van der Waals surface area contributed by atoms with Gasteiger partial charge in [0.1, 0.15) is 6.61 Å². The number of hydrogen-bond acceptors (Lipinski definition) is 5. The van der Waals surface area contributed by atoms with Gasteiger partial charge in [-0.1, -0.05) is 30.7 Å². The zero-order valence-electron chi connectivity index (χ0n) is 13.9. The third-order valence-corrected chi connectivity index (χ3v) is 4.97. The van der Waals surface area contributed by atoms with Gasteiger partial charge in [-0.3, -0.25) is 0 Å². The highest BCUT2D eigenvalue weighted by molar-refractivity contribution is 5.70. The van der Waals surface area contributed by atoms with Crippen LogP contribution in [-0.2, 0) is 12.8 Å². The largest absolute Gasteiger partial charge is 0.476 e. The summed E-state index contributed by atoms with van der Waals surface area (Å²) >= 11 is 0. The highest BCUT2D eigenvalue weighted by Gasteiger charge is 2.22. The molecule has 2 aromatic rings. The minimum Gasteiger partial charge on any atom is -0.476 e. The number of hydrogen-bond donors (Lipinski definition) is 2. The molecule has 1 aliphatic heterocycles. The van der Waals surface area contributed by atoms with Gasteiger partial charge in [-0.25, -0.2) is 4.98 Å². The Morgan fingerprint density at radius 1 is 1.12 bits per heavy atom. The van der Waals surface area contributed by atoms with Gasteiger partial charge in [0.15, 0.2) is 0 Å². The first-order valence-corrected chi connectivity index (χ1v) is 8.92. The number of fused-ring (bicyclic) bond motifs is 3. The molecular formula is C19H24N4O. The average molecular weight is 324 g/mol. The third-order valence-electron chi connectivity index (χ3n) is 4.97. The Labute approximate surface area is 142 Å². The zero-order chi connectivity index (χ0) is 16.4. The standard InChI is InChI=1S/C19H24N4O/c20-19-22-17-15-9-2-1-6-13(15)7-5-10-16(17)18(23-19)24-12-14-8-3-4-11-21-14/h1-2,6,9,14,21H,3-5,7-8,10-12H2,(H2,20,22,23)/t14-/m1/s1. The van der Waals surface area contributed by atoms with E-state index in [4.69, 9.17) is 10.5 Å². The van der Waals surface area contributed by atoms with Crippen LogP contribution in [0.5, 0.6) is 5.88 Å². The maximum Gasteiger partial charge on any atom is 0.223 e. The van der Waals surface area contributed by atoms with E-state index in [1.807, 2.05) is 0 Å². The second-order valence-corrected chi connectivity index (χ2v) is 6.68. The molecule has 1 aliphatic carbocycles. The van der Waals surface area contributed by atoms with Crippen LogP contribution >= 0.6 is 0 Å². The number of nitrogens with zero attached hydrogens (tertiary/aromatic N) is 2. The molecule has 0 spiro atoms. The van der Waals surface area contributed by atoms with Gasteiger partial charge in [0.25, 0.3) is 0 Å². The third kappa shape index (κ3) is 3.08. The molecule has 126 valence electrons. The minimum absolute atomic E-state index is 0.289. The second kappa shape index (κ2) is 6.77. The number of anilines is 1. The van der Waals surface area contributed by atoms with E-state index in [9.17, 15) is 0 Å². The lowest BCUT2D eigenvalue weighted by molar-refractivity contribution is 0.230. The molecule has 0 radical (unpaired) electrons. The highest BCUT2D eigenvalue weighted by Crippen LogP contribution is 2.35. The van der Waals surface area contributed by atoms with Crippen molar-refractivity contribution < 1.29 is 4.74 Å². The summed E-state index contributed by atoms with van der Waals surface area (Å²) in [6.07, 6.45) is 6.73. The Hall–Kier alpha value is -2.14. The Kier molecular flexibility index (Phi) is 4.34. The maximum atomic E-state index is 6.10. The number of piperidine rings is 1. The Morgan fingerprint density at radius 3 is 2.92 bits per heavy atom. The fourth-order valence-electron chi connectivity index (χ4n) is 3.72. The summed E-state index contributed by atoms with van der Waals surface area (Å²) in [4.78, 5) is 8.94. The SMILES string of the molecule is Nc1nc(OC[C@H]2CCCCN2)c2c(n1)-c1ccccc1CCC2. The Bertz CT molecular complexity index is 725. The molecule has 0 unspecified atom stereocenters. The molecule has 1 aromatic carbocycles. The predicted octanol–water partition coefficient (Wildman–Crippen LogP) is 2.74. The van der Waals surface area contributed by atoms with Gasteiger partial charge in [0.2, 0.25) is 11.8 Å². The number of rotatable bonds is 3. The monoisotopic (exact) mass is 324 g/mol. The Balaban J connectivity index is 1.65. The van der Waals surface area contributed by atoms with Gasteiger partial charge in [-0.15, -0.1) is 0 Å². The molecule has 3 N–H and O–H groups in total. The van der Waals surface area contributed by atoms with E-state index in [0.29, 0.717) is 18.5 Å². The molecule has 2 aliphatic rings. The lowest BCUT2D eigenvalue weighted by Crippen LogP contribution is -2.38. The van der Waals surface area contributed by atoms with Crippen LogP contribution in [-0.4, -0.2) is 29.2 Å². The number of aryl methyl sites for hydroxylation is 1. The van der Waals surface area contributed by atoms with Crippen molar-refractivity contribution in [2.24, 2.45) is 0 Å². The lowest BCUT2D eigenvalue weighted by atomic mass is 10.0. The fraction of sp³-hybridized carbons (Fsp3) is 0.474. The van der Waals surface area contributed by atoms with Crippen LogP contribution in [0, 0.1) is 0 Å². The highest BCUT2D eigenvalue weighted by atomic mass is 16.5. The molecule has 1 aromatic heterocycles. The van der Waals surface area contributed by atoms with Gasteiger partial charge < -0.3 is 15.8 Å². The van der Waals surface area contributed by atoms with Crippen molar-refractivity contribution in [3.8, 4) is 17.1 Å². The molecule has 4 rings (SSSR count). The van der Waals surface area contributed by atoms with Crippen LogP contribution in [0.2, 0.25) is 0 Å². The number of ether oxygens (including phenoxy) is 1. The summed E-state index contributed by atoms with van der Waals surface area (Å²) in [6.45, 7) is 1.72. The molecule has 5 nitrogen and oxygen atoms in total. The molecule has 1 saturated heterocycles. The van der Waals surface area contributed by atoms with Crippen LogP contribution in [0.15, 0.2) is 24.3 Å². The zero-order valence-corrected chi connectivity index (χ0v) is 13.9. The van der Waals surface area contributed by atoms with Crippen LogP contribution in [0.4, 0.5) is 5.95 Å². The molecule has 0 amide bonds. The molecule has 5 heteroatoms. The topological polar surface area (TPSA) is 73.1 Å². The van der Waals surface area contributed by atoms with Gasteiger partial charge in [0.05, 0.1) is 5.69 Å². The van der Waals surface area contributed by atoms with Crippen molar-refractivity contribution in [3.63, 3.8) is 0 Å². The van der Waals surface area contributed by atoms with Gasteiger partial charge in [-0.05, 0) is 44.2 Å². The summed E-state index contributed by atoms with van der Waals surface area (Å²) in [6, 6.07) is 8.84. The molecule has 2 heterocycles. The number of nitrogens with two attached hydrogens (primary N) is 1. The smallest absolute Gasteiger partial charge is 0.223 e. The minimum atomic E-state index is 0.289. The van der Waals surface area contributed by atoms with Crippen LogP contribution in [0.3, 0.4) is 0 Å². The van der Waals surface area contributed by atoms with Crippen LogP contribution in [0.25, 0.3) is 11.3 Å². The quantitative estimate of drug-likeness (QED) is 0.908. The van der Waals surface area contributed by atoms with Crippen molar-refractivity contribution in [1.82, 2.24) is 15.3 Å². The normalized spacial score (nSPS) is 19.9. The lowest BCUT2D eigenvalue weighted by Gasteiger charge is -2.24. The first-order valence-electron chi connectivity index (χ1n) is 8.92. The van der Waals surface area contributed by atoms with Crippen molar-refractivity contribution in [1.29, 1.82) is 0 Å². The summed E-state index contributed by atoms with van der Waals surface area (Å²) < 4.78 is 6.10. The number of aromatic nitrogens is 2. The van der Waals surface area contributed by atoms with Crippen molar-refractivity contribution in [2.45, 2.75) is 44.6 Å². The van der Waals surface area contributed by atoms with Crippen molar-refractivity contribution >= 4 is 5.95 Å². The molecule has 1 atom stereocenters. The molecule has 1 fully saturated rings. The van der Waals surface area contributed by atoms with E-state index >= 15 is 0 Å². The van der Waals surface area contributed by atoms with E-state index in [-0.39, 0.29) is 5.95 Å². The van der Waals surface area contributed by atoms with E-state index in [0.717, 1.165) is 43.5 Å². The first kappa shape index (κ1) is 15.4. The number of nitrogen functional groups attached to an aromatic ring is 1. The van der Waals surface area contributed by atoms with E-state index < -0.39 is 0 Å². The molecule has 0 saturated carbocycles. The summed E-state index contributed by atoms with van der Waals surface area (Å²) in [5.41, 5.74) is 10.5. The van der Waals surface area contributed by atoms with Crippen molar-refractivity contribution in [2.75, 3.05) is 18.9 Å². The Morgan fingerprint density at radius 2 is 2.04 bits per heavy atom. The van der Waals surface area contributed by atoms with Crippen LogP contribution in [0.1, 0.15) is 36.8 Å². The summed E-state index contributed by atoms with van der Waals surface area (Å²) in [7, 11) is 0. The van der Waals surface area contributed by atoms with Gasteiger partial charge >= 0.3 is 0 Å². The summed E-state index contributed by atoms with van der Waals surface area (Å²) in [5, 5.41) is 3.51. The van der Waals surface area contributed by atoms with Crippen LogP contribution < -0.4 is 15.8 Å². The second-order valence-electron chi connectivity index (χ2n) is 6.68. The average Bonchev–Trinajstić information content (AvgIpc) is 2.80. The van der Waals surface area contributed by atoms with Gasteiger partial charge in [0, 0.05) is 17.2 Å². The van der Waals surface area contributed by atoms with Gasteiger partial charge in [-0.2, -0.15) is 4.98 Å². The predicted molar refractivity (Wildman–Crippen MR) is 95.0 cm³/mol. The number of benzene rings is 1. The first-order chi connectivity index (χ1) is 11.8.